The molecule has 1 rings (SSSR count). The van der Waals surface area contributed by atoms with E-state index in [4.69, 9.17) is 0 Å². The fourth-order valence-electron chi connectivity index (χ4n) is 1.02. The lowest BCUT2D eigenvalue weighted by molar-refractivity contribution is 0.167. The maximum atomic E-state index is 11.3. The zero-order valence-corrected chi connectivity index (χ0v) is 9.31. The van der Waals surface area contributed by atoms with Gasteiger partial charge in [0.2, 0.25) is 0 Å². The fourth-order valence-corrected chi connectivity index (χ4v) is 3.21. The van der Waals surface area contributed by atoms with E-state index < -0.39 is 20.1 Å². The summed E-state index contributed by atoms with van der Waals surface area (Å²) in [4.78, 5) is 0. The lowest BCUT2D eigenvalue weighted by Crippen LogP contribution is -2.31. The van der Waals surface area contributed by atoms with E-state index in [2.05, 4.69) is 15.9 Å². The third-order valence-electron chi connectivity index (χ3n) is 2.12. The third kappa shape index (κ3) is 2.20. The van der Waals surface area contributed by atoms with Crippen molar-refractivity contribution in [2.45, 2.75) is 30.0 Å². The molecule has 0 saturated heterocycles. The third-order valence-corrected chi connectivity index (χ3v) is 6.14. The average molecular weight is 257 g/mol. The Kier molecular flexibility index (Phi) is 3.17. The molecule has 1 aliphatic rings. The summed E-state index contributed by atoms with van der Waals surface area (Å²) in [6.45, 7) is 1.59. The van der Waals surface area contributed by atoms with Gasteiger partial charge in [-0.15, -0.1) is 0 Å². The van der Waals surface area contributed by atoms with E-state index in [1.165, 1.54) is 0 Å². The van der Waals surface area contributed by atoms with Crippen LogP contribution in [0.3, 0.4) is 0 Å². The molecule has 0 amide bonds. The van der Waals surface area contributed by atoms with Crippen LogP contribution in [0.25, 0.3) is 0 Å². The van der Waals surface area contributed by atoms with Gasteiger partial charge in [0.15, 0.2) is 9.84 Å². The molecule has 1 fully saturated rings. The number of aliphatic hydroxyl groups is 1. The molecule has 72 valence electrons. The number of halogens is 1. The van der Waals surface area contributed by atoms with Gasteiger partial charge in [0.05, 0.1) is 6.10 Å². The van der Waals surface area contributed by atoms with Gasteiger partial charge in [0.25, 0.3) is 0 Å². The molecule has 3 nitrogen and oxygen atoms in total. The highest BCUT2D eigenvalue weighted by Crippen LogP contribution is 2.37. The van der Waals surface area contributed by atoms with Gasteiger partial charge in [-0.3, -0.25) is 0 Å². The minimum Gasteiger partial charge on any atom is -0.391 e. The molecule has 0 aromatic rings. The summed E-state index contributed by atoms with van der Waals surface area (Å²) in [5, 5.41) is 9.50. The molecule has 1 saturated carbocycles. The quantitative estimate of drug-likeness (QED) is 0.762. The molecule has 0 unspecified atom stereocenters. The van der Waals surface area contributed by atoms with E-state index in [1.54, 1.807) is 6.92 Å². The maximum absolute atomic E-state index is 11.3. The van der Waals surface area contributed by atoms with Crippen LogP contribution in [-0.2, 0) is 9.84 Å². The van der Waals surface area contributed by atoms with E-state index in [9.17, 15) is 13.5 Å². The Balaban J connectivity index is 2.62. The van der Waals surface area contributed by atoms with Crippen LogP contribution < -0.4 is 0 Å². The summed E-state index contributed by atoms with van der Waals surface area (Å²) >= 11 is 3.03. The Morgan fingerprint density at radius 3 is 2.42 bits per heavy atom. The fraction of sp³-hybridized carbons (Fsp3) is 1.00. The van der Waals surface area contributed by atoms with Crippen molar-refractivity contribution in [2.24, 2.45) is 5.92 Å². The Labute approximate surface area is 81.2 Å². The Hall–Kier alpha value is 0.390. The molecule has 5 heteroatoms. The van der Waals surface area contributed by atoms with Gasteiger partial charge >= 0.3 is 0 Å². The minimum absolute atomic E-state index is 0.0761. The van der Waals surface area contributed by atoms with E-state index in [0.29, 0.717) is 0 Å². The molecule has 0 heterocycles. The van der Waals surface area contributed by atoms with Crippen molar-refractivity contribution in [3.05, 3.63) is 0 Å². The van der Waals surface area contributed by atoms with Crippen molar-refractivity contribution >= 4 is 25.8 Å². The second-order valence-corrected chi connectivity index (χ2v) is 7.13. The van der Waals surface area contributed by atoms with Crippen molar-refractivity contribution in [1.82, 2.24) is 0 Å². The number of rotatable bonds is 4. The number of aliphatic hydroxyl groups excluding tert-OH is 1. The zero-order chi connectivity index (χ0) is 9.35. The maximum Gasteiger partial charge on any atom is 0.165 e. The van der Waals surface area contributed by atoms with Crippen molar-refractivity contribution < 1.29 is 13.5 Å². The SMILES string of the molecule is CCS(=O)(=O)[C@H](Br)[C@H](O)C1CC1. The topological polar surface area (TPSA) is 54.4 Å². The Bertz CT molecular complexity index is 245. The molecular weight excluding hydrogens is 244 g/mol. The number of hydrogen-bond donors (Lipinski definition) is 1. The molecule has 0 bridgehead atoms. The molecule has 12 heavy (non-hydrogen) atoms. The first-order chi connectivity index (χ1) is 5.49. The van der Waals surface area contributed by atoms with Crippen LogP contribution in [0.5, 0.6) is 0 Å². The van der Waals surface area contributed by atoms with Gasteiger partial charge in [-0.1, -0.05) is 22.9 Å². The summed E-state index contributed by atoms with van der Waals surface area (Å²) < 4.78 is 21.8. The van der Waals surface area contributed by atoms with Crippen LogP contribution in [0.1, 0.15) is 19.8 Å². The highest BCUT2D eigenvalue weighted by molar-refractivity contribution is 9.11. The predicted molar refractivity (Wildman–Crippen MR) is 50.9 cm³/mol. The van der Waals surface area contributed by atoms with Crippen LogP contribution in [-0.4, -0.2) is 29.5 Å². The van der Waals surface area contributed by atoms with Gasteiger partial charge in [-0.2, -0.15) is 0 Å². The molecule has 0 aromatic carbocycles. The largest absolute Gasteiger partial charge is 0.391 e. The summed E-state index contributed by atoms with van der Waals surface area (Å²) in [6.07, 6.45) is 1.17. The average Bonchev–Trinajstić information content (AvgIpc) is 2.84. The molecule has 1 aliphatic carbocycles. The standard InChI is InChI=1S/C7H13BrO3S/c1-2-12(10,11)7(8)6(9)5-3-4-5/h5-7,9H,2-4H2,1H3/t6-,7+/m1/s1. The van der Waals surface area contributed by atoms with Crippen LogP contribution >= 0.6 is 15.9 Å². The van der Waals surface area contributed by atoms with Crippen LogP contribution in [0.2, 0.25) is 0 Å². The van der Waals surface area contributed by atoms with Crippen molar-refractivity contribution in [1.29, 1.82) is 0 Å². The number of sulfone groups is 1. The van der Waals surface area contributed by atoms with Gasteiger partial charge < -0.3 is 5.11 Å². The second kappa shape index (κ2) is 3.64. The summed E-state index contributed by atoms with van der Waals surface area (Å²) in [5.41, 5.74) is 0. The predicted octanol–water partition coefficient (Wildman–Crippen LogP) is 0.913. The molecule has 1 N–H and O–H groups in total. The van der Waals surface area contributed by atoms with Gasteiger partial charge in [-0.25, -0.2) is 8.42 Å². The van der Waals surface area contributed by atoms with Crippen LogP contribution in [0.4, 0.5) is 0 Å². The number of alkyl halides is 1. The van der Waals surface area contributed by atoms with Crippen molar-refractivity contribution in [2.75, 3.05) is 5.75 Å². The van der Waals surface area contributed by atoms with Gasteiger partial charge in [0.1, 0.15) is 4.16 Å². The monoisotopic (exact) mass is 256 g/mol. The zero-order valence-electron chi connectivity index (χ0n) is 6.90. The molecule has 0 spiro atoms. The van der Waals surface area contributed by atoms with Crippen LogP contribution in [0.15, 0.2) is 0 Å². The smallest absolute Gasteiger partial charge is 0.165 e. The minimum atomic E-state index is -3.14. The lowest BCUT2D eigenvalue weighted by atomic mass is 10.3. The molecule has 2 atom stereocenters. The van der Waals surface area contributed by atoms with Crippen molar-refractivity contribution in [3.8, 4) is 0 Å². The van der Waals surface area contributed by atoms with E-state index >= 15 is 0 Å². The first kappa shape index (κ1) is 10.5. The number of hydrogen-bond acceptors (Lipinski definition) is 3. The van der Waals surface area contributed by atoms with Crippen molar-refractivity contribution in [3.63, 3.8) is 0 Å². The van der Waals surface area contributed by atoms with Gasteiger partial charge in [-0.05, 0) is 18.8 Å². The lowest BCUT2D eigenvalue weighted by Gasteiger charge is -2.15. The van der Waals surface area contributed by atoms with Gasteiger partial charge in [0, 0.05) is 5.75 Å². The van der Waals surface area contributed by atoms with E-state index in [0.717, 1.165) is 12.8 Å². The summed E-state index contributed by atoms with van der Waals surface area (Å²) in [7, 11) is -3.14. The Morgan fingerprint density at radius 2 is 2.08 bits per heavy atom. The normalized spacial score (nSPS) is 23.6. The second-order valence-electron chi connectivity index (χ2n) is 3.13. The molecule has 0 radical (unpaired) electrons. The highest BCUT2D eigenvalue weighted by atomic mass is 79.9. The summed E-state index contributed by atoms with van der Waals surface area (Å²) in [5.74, 6) is 0.267. The summed E-state index contributed by atoms with van der Waals surface area (Å²) in [6, 6.07) is 0. The molecule has 0 aromatic heterocycles. The first-order valence-electron chi connectivity index (χ1n) is 4.02. The molecule has 0 aliphatic heterocycles. The Morgan fingerprint density at radius 1 is 1.58 bits per heavy atom. The van der Waals surface area contributed by atoms with Crippen LogP contribution in [0, 0.1) is 5.92 Å². The first-order valence-corrected chi connectivity index (χ1v) is 6.66. The van der Waals surface area contributed by atoms with E-state index in [1.807, 2.05) is 0 Å². The van der Waals surface area contributed by atoms with E-state index in [-0.39, 0.29) is 11.7 Å². The molecular formula is C7H13BrO3S. The highest BCUT2D eigenvalue weighted by Gasteiger charge is 2.39.